The number of carbonyl (C=O) groups excluding carboxylic acids is 3. The molecule has 1 aliphatic heterocycles. The van der Waals surface area contributed by atoms with E-state index in [1.807, 2.05) is 12.1 Å². The number of likely N-dealkylation sites (N-methyl/N-ethyl adjacent to an activating group) is 1. The minimum atomic E-state index is -1.24. The normalized spacial score (nSPS) is 15.7. The molecule has 0 spiro atoms. The summed E-state index contributed by atoms with van der Waals surface area (Å²) in [6.07, 6.45) is 4.30. The average Bonchev–Trinajstić information content (AvgIpc) is 3.92. The van der Waals surface area contributed by atoms with Crippen LogP contribution in [0.25, 0.3) is 10.9 Å². The lowest BCUT2D eigenvalue weighted by molar-refractivity contribution is -0.131. The van der Waals surface area contributed by atoms with E-state index >= 15 is 0 Å². The number of likely N-dealkylation sites (tertiary alicyclic amines) is 1. The molecule has 1 aromatic heterocycles. The highest BCUT2D eigenvalue weighted by molar-refractivity contribution is 6.17. The molecular formula is C36H38FN5O6. The van der Waals surface area contributed by atoms with E-state index in [9.17, 15) is 18.8 Å². The highest BCUT2D eigenvalue weighted by Crippen LogP contribution is 2.47. The van der Waals surface area contributed by atoms with Crippen LogP contribution >= 0.6 is 0 Å². The van der Waals surface area contributed by atoms with Crippen molar-refractivity contribution in [2.45, 2.75) is 25.7 Å². The van der Waals surface area contributed by atoms with Gasteiger partial charge >= 0.3 is 0 Å². The number of anilines is 2. The van der Waals surface area contributed by atoms with Crippen molar-refractivity contribution in [2.75, 3.05) is 51.0 Å². The number of piperidine rings is 1. The first-order chi connectivity index (χ1) is 23.3. The first-order valence-electron chi connectivity index (χ1n) is 16.0. The van der Waals surface area contributed by atoms with Gasteiger partial charge in [-0.05, 0) is 93.2 Å². The van der Waals surface area contributed by atoms with E-state index in [1.165, 1.54) is 18.2 Å². The molecule has 3 amide bonds. The molecule has 6 rings (SSSR count). The summed E-state index contributed by atoms with van der Waals surface area (Å²) < 4.78 is 32.1. The topological polar surface area (TPSA) is 131 Å². The molecule has 3 aromatic carbocycles. The van der Waals surface area contributed by atoms with Crippen molar-refractivity contribution in [3.05, 3.63) is 78.7 Å². The molecule has 0 radical (unpaired) electrons. The number of pyridine rings is 1. The van der Waals surface area contributed by atoms with Gasteiger partial charge in [0.25, 0.3) is 0 Å². The van der Waals surface area contributed by atoms with Gasteiger partial charge in [0.2, 0.25) is 17.7 Å². The van der Waals surface area contributed by atoms with Crippen LogP contribution in [0, 0.1) is 17.2 Å². The first kappa shape index (κ1) is 32.7. The smallest absolute Gasteiger partial charge is 0.240 e. The van der Waals surface area contributed by atoms with Crippen LogP contribution in [0.2, 0.25) is 0 Å². The highest BCUT2D eigenvalue weighted by atomic mass is 19.1. The minimum absolute atomic E-state index is 0.0243. The van der Waals surface area contributed by atoms with Crippen LogP contribution < -0.4 is 30.2 Å². The Hall–Kier alpha value is -5.23. The summed E-state index contributed by atoms with van der Waals surface area (Å²) in [7, 11) is 3.24. The molecule has 3 N–H and O–H groups in total. The lowest BCUT2D eigenvalue weighted by atomic mass is 9.98. The fourth-order valence-corrected chi connectivity index (χ4v) is 5.76. The Morgan fingerprint density at radius 2 is 1.67 bits per heavy atom. The van der Waals surface area contributed by atoms with Gasteiger partial charge in [0.15, 0.2) is 11.5 Å². The van der Waals surface area contributed by atoms with Crippen molar-refractivity contribution in [3.8, 4) is 23.0 Å². The number of amides is 3. The van der Waals surface area contributed by atoms with Crippen LogP contribution in [0.4, 0.5) is 15.8 Å². The number of nitrogens with one attached hydrogen (secondary N) is 3. The third kappa shape index (κ3) is 7.33. The molecule has 48 heavy (non-hydrogen) atoms. The second-order valence-corrected chi connectivity index (χ2v) is 12.1. The lowest BCUT2D eigenvalue weighted by Crippen LogP contribution is -2.41. The number of benzene rings is 3. The summed E-state index contributed by atoms with van der Waals surface area (Å²) in [6, 6.07) is 18.1. The molecule has 2 aliphatic rings. The summed E-state index contributed by atoms with van der Waals surface area (Å²) in [5.74, 6) is 1.11. The van der Waals surface area contributed by atoms with Gasteiger partial charge in [-0.25, -0.2) is 4.39 Å². The average molecular weight is 656 g/mol. The zero-order chi connectivity index (χ0) is 33.7. The molecule has 1 aliphatic carbocycles. The zero-order valence-electron chi connectivity index (χ0n) is 26.9. The third-order valence-electron chi connectivity index (χ3n) is 8.90. The largest absolute Gasteiger partial charge is 0.493 e. The number of fused-ring (bicyclic) bond motifs is 1. The molecular weight excluding hydrogens is 617 g/mol. The number of carbonyl (C=O) groups is 3. The zero-order valence-corrected chi connectivity index (χ0v) is 26.9. The number of aromatic nitrogens is 1. The number of para-hydroxylation sites is 1. The number of rotatable bonds is 12. The Bertz CT molecular complexity index is 1800. The highest BCUT2D eigenvalue weighted by Gasteiger charge is 2.56. The molecule has 4 aromatic rings. The van der Waals surface area contributed by atoms with Crippen LogP contribution in [-0.2, 0) is 14.4 Å². The number of nitrogens with zero attached hydrogens (tertiary/aromatic N) is 2. The first-order valence-corrected chi connectivity index (χ1v) is 16.0. The number of methoxy groups -OCH3 is 1. The molecule has 0 bridgehead atoms. The van der Waals surface area contributed by atoms with Gasteiger partial charge in [-0.3, -0.25) is 24.3 Å². The van der Waals surface area contributed by atoms with Gasteiger partial charge < -0.3 is 30.2 Å². The summed E-state index contributed by atoms with van der Waals surface area (Å²) in [6.45, 7) is 2.65. The Balaban J connectivity index is 1.07. The number of ether oxygens (including phenoxy) is 3. The Morgan fingerprint density at radius 1 is 0.938 bits per heavy atom. The van der Waals surface area contributed by atoms with Crippen molar-refractivity contribution in [1.82, 2.24) is 15.2 Å². The third-order valence-corrected chi connectivity index (χ3v) is 8.90. The van der Waals surface area contributed by atoms with Gasteiger partial charge in [0, 0.05) is 30.4 Å². The molecule has 2 fully saturated rings. The summed E-state index contributed by atoms with van der Waals surface area (Å²) in [5.41, 5.74) is -0.0190. The summed E-state index contributed by atoms with van der Waals surface area (Å²) in [5, 5.41) is 8.76. The maximum atomic E-state index is 14.0. The molecule has 12 heteroatoms. The van der Waals surface area contributed by atoms with Gasteiger partial charge in [0.1, 0.15) is 22.7 Å². The molecule has 0 atom stereocenters. The van der Waals surface area contributed by atoms with Crippen LogP contribution in [0.5, 0.6) is 23.0 Å². The fourth-order valence-electron chi connectivity index (χ4n) is 5.76. The monoisotopic (exact) mass is 655 g/mol. The SMILES string of the molecule is CNC(=O)CN1CCC(COc2cc3nccc(Oc4ccc(NC(=O)C5(C(=O)Nc6ccccc6F)CC5)cc4)c3cc2OC)CC1. The van der Waals surface area contributed by atoms with E-state index < -0.39 is 23.0 Å². The molecule has 1 saturated carbocycles. The second kappa shape index (κ2) is 14.3. The van der Waals surface area contributed by atoms with E-state index in [0.29, 0.717) is 66.1 Å². The van der Waals surface area contributed by atoms with E-state index in [1.54, 1.807) is 56.8 Å². The number of halogens is 1. The predicted octanol–water partition coefficient (Wildman–Crippen LogP) is 5.37. The number of hydrogen-bond donors (Lipinski definition) is 3. The predicted molar refractivity (Wildman–Crippen MR) is 179 cm³/mol. The summed E-state index contributed by atoms with van der Waals surface area (Å²) in [4.78, 5) is 44.3. The van der Waals surface area contributed by atoms with Gasteiger partial charge in [-0.1, -0.05) is 12.1 Å². The van der Waals surface area contributed by atoms with Crippen molar-refractivity contribution in [1.29, 1.82) is 0 Å². The van der Waals surface area contributed by atoms with E-state index in [4.69, 9.17) is 14.2 Å². The van der Waals surface area contributed by atoms with Crippen molar-refractivity contribution < 1.29 is 33.0 Å². The van der Waals surface area contributed by atoms with Gasteiger partial charge in [0.05, 0.1) is 31.5 Å². The molecule has 0 unspecified atom stereocenters. The second-order valence-electron chi connectivity index (χ2n) is 12.1. The van der Waals surface area contributed by atoms with E-state index in [-0.39, 0.29) is 11.6 Å². The number of hydrogen-bond acceptors (Lipinski definition) is 8. The quantitative estimate of drug-likeness (QED) is 0.174. The van der Waals surface area contributed by atoms with Gasteiger partial charge in [-0.15, -0.1) is 0 Å². The van der Waals surface area contributed by atoms with Crippen LogP contribution in [0.1, 0.15) is 25.7 Å². The lowest BCUT2D eigenvalue weighted by Gasteiger charge is -2.31. The van der Waals surface area contributed by atoms with Crippen LogP contribution in [0.15, 0.2) is 72.9 Å². The van der Waals surface area contributed by atoms with E-state index in [2.05, 4.69) is 25.8 Å². The Morgan fingerprint density at radius 3 is 2.35 bits per heavy atom. The van der Waals surface area contributed by atoms with Crippen molar-refractivity contribution >= 4 is 40.0 Å². The van der Waals surface area contributed by atoms with E-state index in [0.717, 1.165) is 31.3 Å². The molecule has 2 heterocycles. The molecule has 11 nitrogen and oxygen atoms in total. The maximum absolute atomic E-state index is 14.0. The standard InChI is InChI=1S/C36H38FN5O6/c1-38-33(43)21-42-17-12-23(13-18-42)22-47-32-20-29-26(19-31(32)46-2)30(11-16-39-29)48-25-9-7-24(8-10-25)40-34(44)36(14-15-36)35(45)41-28-6-4-3-5-27(28)37/h3-11,16,19-20,23H,12-15,17-18,21-22H2,1-2H3,(H,38,43)(H,40,44)(H,41,45). The van der Waals surface area contributed by atoms with Crippen LogP contribution in [-0.4, -0.2) is 68.0 Å². The Labute approximate surface area is 277 Å². The van der Waals surface area contributed by atoms with Crippen molar-refractivity contribution in [3.63, 3.8) is 0 Å². The van der Waals surface area contributed by atoms with Gasteiger partial charge in [-0.2, -0.15) is 0 Å². The van der Waals surface area contributed by atoms with Crippen LogP contribution in [0.3, 0.4) is 0 Å². The molecule has 250 valence electrons. The Kier molecular flexibility index (Phi) is 9.72. The molecule has 1 saturated heterocycles. The maximum Gasteiger partial charge on any atom is 0.240 e. The minimum Gasteiger partial charge on any atom is -0.493 e. The van der Waals surface area contributed by atoms with Crippen molar-refractivity contribution in [2.24, 2.45) is 11.3 Å². The summed E-state index contributed by atoms with van der Waals surface area (Å²) >= 11 is 0. The fraction of sp³-hybridized carbons (Fsp3) is 0.333.